The normalized spacial score (nSPS) is 14.5. The minimum absolute atomic E-state index is 0. The van der Waals surface area contributed by atoms with Gasteiger partial charge in [0.25, 0.3) is 0 Å². The molecule has 0 spiro atoms. The van der Waals surface area contributed by atoms with Gasteiger partial charge in [-0.15, -0.1) is 12.4 Å². The van der Waals surface area contributed by atoms with Gasteiger partial charge in [-0.1, -0.05) is 22.0 Å². The molecule has 2 rings (SSSR count). The average molecular weight is 291 g/mol. The Morgan fingerprint density at radius 3 is 2.87 bits per heavy atom. The molecule has 3 nitrogen and oxygen atoms in total. The van der Waals surface area contributed by atoms with Gasteiger partial charge in [0.1, 0.15) is 5.84 Å². The van der Waals surface area contributed by atoms with Crippen molar-refractivity contribution in [1.82, 2.24) is 5.32 Å². The summed E-state index contributed by atoms with van der Waals surface area (Å²) in [6, 6.07) is 8.17. The molecular weight excluding hydrogens is 277 g/mol. The molecule has 0 radical (unpaired) electrons. The van der Waals surface area contributed by atoms with E-state index in [-0.39, 0.29) is 12.4 Å². The second-order valence-corrected chi connectivity index (χ2v) is 4.07. The molecule has 1 heterocycles. The van der Waals surface area contributed by atoms with Gasteiger partial charge in [-0.2, -0.15) is 5.10 Å². The molecule has 0 fully saturated rings. The maximum Gasteiger partial charge on any atom is 0.124 e. The van der Waals surface area contributed by atoms with E-state index in [2.05, 4.69) is 38.5 Å². The summed E-state index contributed by atoms with van der Waals surface area (Å²) in [5.41, 5.74) is 1.13. The van der Waals surface area contributed by atoms with Crippen molar-refractivity contribution < 1.29 is 0 Å². The molecule has 0 atom stereocenters. The largest absolute Gasteiger partial charge is 0.375 e. The second kappa shape index (κ2) is 5.37. The van der Waals surface area contributed by atoms with E-state index in [1.807, 2.05) is 24.2 Å². The van der Waals surface area contributed by atoms with Gasteiger partial charge in [-0.05, 0) is 18.2 Å². The predicted octanol–water partition coefficient (Wildman–Crippen LogP) is 2.61. The molecule has 0 aliphatic carbocycles. The molecule has 0 saturated carbocycles. The van der Waals surface area contributed by atoms with Crippen LogP contribution in [0.25, 0.3) is 0 Å². The highest BCUT2D eigenvalue weighted by Crippen LogP contribution is 2.22. The number of hydrazone groups is 1. The summed E-state index contributed by atoms with van der Waals surface area (Å²) in [4.78, 5) is 0. The van der Waals surface area contributed by atoms with Crippen LogP contribution >= 0.6 is 28.3 Å². The van der Waals surface area contributed by atoms with Crippen LogP contribution in [0.2, 0.25) is 0 Å². The van der Waals surface area contributed by atoms with Crippen molar-refractivity contribution in [1.29, 1.82) is 0 Å². The molecule has 5 heteroatoms. The first-order chi connectivity index (χ1) is 6.79. The van der Waals surface area contributed by atoms with Gasteiger partial charge in [-0.25, -0.2) is 0 Å². The van der Waals surface area contributed by atoms with Crippen LogP contribution in [-0.4, -0.2) is 19.4 Å². The third-order valence-electron chi connectivity index (χ3n) is 2.20. The van der Waals surface area contributed by atoms with Crippen molar-refractivity contribution >= 4 is 39.9 Å². The third-order valence-corrected chi connectivity index (χ3v) is 2.69. The lowest BCUT2D eigenvalue weighted by atomic mass is 10.3. The Kier molecular flexibility index (Phi) is 4.42. The smallest absolute Gasteiger partial charge is 0.124 e. The van der Waals surface area contributed by atoms with Gasteiger partial charge in [0.15, 0.2) is 0 Å². The standard InChI is InChI=1S/C10H12BrN3.ClH/c1-12-10-5-6-14(13-10)9-4-2-3-8(11)7-9;/h2-4,7H,5-6H2,1H3,(H,12,13);1H. The zero-order chi connectivity index (χ0) is 9.97. The van der Waals surface area contributed by atoms with Crippen LogP contribution in [0.4, 0.5) is 5.69 Å². The number of nitrogens with zero attached hydrogens (tertiary/aromatic N) is 2. The third kappa shape index (κ3) is 2.86. The molecule has 82 valence electrons. The predicted molar refractivity (Wildman–Crippen MR) is 69.8 cm³/mol. The molecule has 0 amide bonds. The topological polar surface area (TPSA) is 27.6 Å². The van der Waals surface area contributed by atoms with E-state index in [0.717, 1.165) is 29.0 Å². The molecule has 1 aliphatic heterocycles. The van der Waals surface area contributed by atoms with Crippen LogP contribution in [0.15, 0.2) is 33.8 Å². The molecule has 0 saturated heterocycles. The van der Waals surface area contributed by atoms with E-state index in [0.29, 0.717) is 0 Å². The highest BCUT2D eigenvalue weighted by atomic mass is 79.9. The number of benzene rings is 1. The molecule has 1 aromatic carbocycles. The summed E-state index contributed by atoms with van der Waals surface area (Å²) >= 11 is 3.45. The Labute approximate surface area is 104 Å². The Hall–Kier alpha value is -0.740. The number of halogens is 2. The lowest BCUT2D eigenvalue weighted by Gasteiger charge is -2.12. The van der Waals surface area contributed by atoms with E-state index in [4.69, 9.17) is 0 Å². The molecule has 1 N–H and O–H groups in total. The highest BCUT2D eigenvalue weighted by molar-refractivity contribution is 9.10. The number of rotatable bonds is 1. The minimum Gasteiger partial charge on any atom is -0.375 e. The molecule has 0 bridgehead atoms. The highest BCUT2D eigenvalue weighted by Gasteiger charge is 2.14. The van der Waals surface area contributed by atoms with Crippen molar-refractivity contribution in [2.24, 2.45) is 5.10 Å². The van der Waals surface area contributed by atoms with Crippen LogP contribution in [0, 0.1) is 0 Å². The lowest BCUT2D eigenvalue weighted by Crippen LogP contribution is -2.14. The Morgan fingerprint density at radius 1 is 1.47 bits per heavy atom. The van der Waals surface area contributed by atoms with Crippen molar-refractivity contribution in [2.75, 3.05) is 18.6 Å². The number of hydrogen-bond donors (Lipinski definition) is 1. The quantitative estimate of drug-likeness (QED) is 0.861. The summed E-state index contributed by atoms with van der Waals surface area (Å²) < 4.78 is 1.09. The maximum atomic E-state index is 4.44. The van der Waals surface area contributed by atoms with Crippen LogP contribution < -0.4 is 10.3 Å². The number of nitrogens with one attached hydrogen (secondary N) is 1. The molecule has 1 aromatic rings. The van der Waals surface area contributed by atoms with Crippen molar-refractivity contribution in [3.05, 3.63) is 28.7 Å². The van der Waals surface area contributed by atoms with Crippen molar-refractivity contribution in [3.8, 4) is 0 Å². The van der Waals surface area contributed by atoms with Gasteiger partial charge in [0, 0.05) is 24.5 Å². The van der Waals surface area contributed by atoms with Crippen LogP contribution in [0.3, 0.4) is 0 Å². The van der Waals surface area contributed by atoms with E-state index < -0.39 is 0 Å². The van der Waals surface area contributed by atoms with E-state index in [1.165, 1.54) is 0 Å². The fourth-order valence-corrected chi connectivity index (χ4v) is 1.84. The fourth-order valence-electron chi connectivity index (χ4n) is 1.46. The molecular formula is C10H13BrClN3. The second-order valence-electron chi connectivity index (χ2n) is 3.15. The Balaban J connectivity index is 0.00000112. The van der Waals surface area contributed by atoms with Gasteiger partial charge in [0.05, 0.1) is 5.69 Å². The first kappa shape index (κ1) is 12.3. The van der Waals surface area contributed by atoms with Gasteiger partial charge < -0.3 is 5.32 Å². The fraction of sp³-hybridized carbons (Fsp3) is 0.300. The van der Waals surface area contributed by atoms with E-state index in [9.17, 15) is 0 Å². The average Bonchev–Trinajstić information content (AvgIpc) is 2.66. The first-order valence-electron chi connectivity index (χ1n) is 4.58. The van der Waals surface area contributed by atoms with Gasteiger partial charge in [-0.3, -0.25) is 5.01 Å². The monoisotopic (exact) mass is 289 g/mol. The van der Waals surface area contributed by atoms with Gasteiger partial charge >= 0.3 is 0 Å². The van der Waals surface area contributed by atoms with Crippen LogP contribution in [0.5, 0.6) is 0 Å². The minimum atomic E-state index is 0. The summed E-state index contributed by atoms with van der Waals surface area (Å²) in [6.45, 7) is 0.951. The summed E-state index contributed by atoms with van der Waals surface area (Å²) in [6.07, 6.45) is 0.989. The summed E-state index contributed by atoms with van der Waals surface area (Å²) in [5, 5.41) is 9.52. The lowest BCUT2D eigenvalue weighted by molar-refractivity contribution is 0.921. The van der Waals surface area contributed by atoms with E-state index in [1.54, 1.807) is 0 Å². The molecule has 1 aliphatic rings. The number of hydrogen-bond acceptors (Lipinski definition) is 3. The number of anilines is 1. The van der Waals surface area contributed by atoms with E-state index >= 15 is 0 Å². The van der Waals surface area contributed by atoms with Crippen molar-refractivity contribution in [2.45, 2.75) is 6.42 Å². The van der Waals surface area contributed by atoms with Gasteiger partial charge in [0.2, 0.25) is 0 Å². The van der Waals surface area contributed by atoms with Crippen molar-refractivity contribution in [3.63, 3.8) is 0 Å². The van der Waals surface area contributed by atoms with Crippen LogP contribution in [-0.2, 0) is 0 Å². The SMILES string of the molecule is CNC1=NN(c2cccc(Br)c2)CC1.Cl. The Bertz CT molecular complexity index is 367. The number of amidine groups is 1. The Morgan fingerprint density at radius 2 is 2.27 bits per heavy atom. The first-order valence-corrected chi connectivity index (χ1v) is 5.37. The maximum absolute atomic E-state index is 4.44. The molecule has 0 aromatic heterocycles. The zero-order valence-corrected chi connectivity index (χ0v) is 10.8. The summed E-state index contributed by atoms with van der Waals surface area (Å²) in [5.74, 6) is 1.05. The zero-order valence-electron chi connectivity index (χ0n) is 8.40. The summed E-state index contributed by atoms with van der Waals surface area (Å²) in [7, 11) is 1.91. The van der Waals surface area contributed by atoms with Crippen LogP contribution in [0.1, 0.15) is 6.42 Å². The molecule has 15 heavy (non-hydrogen) atoms. The molecule has 0 unspecified atom stereocenters.